The number of ether oxygens (including phenoxy) is 1. The number of aliphatic imine (C=N–C) groups is 1. The molecule has 9 heteroatoms. The Kier molecular flexibility index (Phi) is 4.77. The maximum Gasteiger partial charge on any atom is 0.328 e. The van der Waals surface area contributed by atoms with Gasteiger partial charge in [0.25, 0.3) is 5.91 Å². The number of hydrogen-bond acceptors (Lipinski definition) is 6. The molecule has 1 fully saturated rings. The van der Waals surface area contributed by atoms with Crippen molar-refractivity contribution in [1.82, 2.24) is 14.7 Å². The van der Waals surface area contributed by atoms with Crippen LogP contribution < -0.4 is 4.90 Å². The van der Waals surface area contributed by atoms with Crippen LogP contribution in [0.15, 0.2) is 40.7 Å². The molecule has 0 radical (unpaired) electrons. The number of para-hydroxylation sites is 1. The summed E-state index contributed by atoms with van der Waals surface area (Å²) in [4.78, 5) is 36.9. The lowest BCUT2D eigenvalue weighted by Crippen LogP contribution is -2.65. The van der Waals surface area contributed by atoms with E-state index in [0.29, 0.717) is 18.3 Å². The van der Waals surface area contributed by atoms with Gasteiger partial charge in [0.15, 0.2) is 12.2 Å². The van der Waals surface area contributed by atoms with E-state index < -0.39 is 18.2 Å². The van der Waals surface area contributed by atoms with Gasteiger partial charge >= 0.3 is 6.03 Å². The highest BCUT2D eigenvalue weighted by molar-refractivity contribution is 6.10. The lowest BCUT2D eigenvalue weighted by molar-refractivity contribution is -0.137. The van der Waals surface area contributed by atoms with Gasteiger partial charge in [-0.1, -0.05) is 12.1 Å². The fourth-order valence-corrected chi connectivity index (χ4v) is 4.04. The Morgan fingerprint density at radius 1 is 1.17 bits per heavy atom. The molecule has 2 atom stereocenters. The summed E-state index contributed by atoms with van der Waals surface area (Å²) in [7, 11) is 1.63. The molecule has 29 heavy (non-hydrogen) atoms. The first kappa shape index (κ1) is 19.4. The van der Waals surface area contributed by atoms with E-state index in [0.717, 1.165) is 11.4 Å². The monoisotopic (exact) mass is 401 g/mol. The van der Waals surface area contributed by atoms with E-state index >= 15 is 0 Å². The van der Waals surface area contributed by atoms with E-state index in [9.17, 15) is 14.0 Å². The van der Waals surface area contributed by atoms with Crippen molar-refractivity contribution in [3.63, 3.8) is 0 Å². The topological polar surface area (TPSA) is 68.7 Å². The quantitative estimate of drug-likeness (QED) is 0.708. The summed E-state index contributed by atoms with van der Waals surface area (Å²) >= 11 is 0. The number of amides is 3. The first-order valence-electron chi connectivity index (χ1n) is 9.63. The van der Waals surface area contributed by atoms with Crippen LogP contribution in [0.2, 0.25) is 0 Å². The van der Waals surface area contributed by atoms with Gasteiger partial charge in [-0.25, -0.2) is 14.2 Å². The first-order valence-corrected chi connectivity index (χ1v) is 9.63. The summed E-state index contributed by atoms with van der Waals surface area (Å²) < 4.78 is 19.9. The molecule has 1 saturated heterocycles. The lowest BCUT2D eigenvalue weighted by Gasteiger charge is -2.40. The van der Waals surface area contributed by atoms with Crippen LogP contribution in [0.4, 0.5) is 14.9 Å². The number of halogens is 1. The highest BCUT2D eigenvalue weighted by Gasteiger charge is 2.56. The second kappa shape index (κ2) is 7.14. The van der Waals surface area contributed by atoms with E-state index in [-0.39, 0.29) is 24.9 Å². The summed E-state index contributed by atoms with van der Waals surface area (Å²) in [6.07, 6.45) is -0.661. The minimum atomic E-state index is -0.680. The normalized spacial score (nSPS) is 23.8. The molecule has 0 aliphatic carbocycles. The van der Waals surface area contributed by atoms with Gasteiger partial charge in [-0.2, -0.15) is 0 Å². The van der Waals surface area contributed by atoms with Crippen molar-refractivity contribution in [2.45, 2.75) is 33.0 Å². The van der Waals surface area contributed by atoms with Crippen LogP contribution in [0.1, 0.15) is 20.8 Å². The number of benzene rings is 1. The molecule has 3 amide bonds. The average Bonchev–Trinajstić information content (AvgIpc) is 3.20. The number of anilines is 1. The second-order valence-electron chi connectivity index (χ2n) is 7.20. The van der Waals surface area contributed by atoms with Gasteiger partial charge in [0.05, 0.1) is 18.8 Å². The van der Waals surface area contributed by atoms with Crippen molar-refractivity contribution >= 4 is 23.6 Å². The highest BCUT2D eigenvalue weighted by atomic mass is 19.1. The van der Waals surface area contributed by atoms with Gasteiger partial charge in [0.1, 0.15) is 5.82 Å². The molecule has 4 rings (SSSR count). The van der Waals surface area contributed by atoms with Crippen LogP contribution in [0, 0.1) is 5.82 Å². The fraction of sp³-hybridized carbons (Fsp3) is 0.450. The summed E-state index contributed by atoms with van der Waals surface area (Å²) in [6, 6.07) is 5.35. The number of nitrogens with zero attached hydrogens (tertiary/aromatic N) is 5. The number of allylic oxidation sites excluding steroid dienone is 2. The van der Waals surface area contributed by atoms with Gasteiger partial charge in [0, 0.05) is 25.0 Å². The summed E-state index contributed by atoms with van der Waals surface area (Å²) in [5, 5.41) is 0. The molecular weight excluding hydrogens is 377 g/mol. The maximum atomic E-state index is 14.5. The van der Waals surface area contributed by atoms with Gasteiger partial charge < -0.3 is 9.64 Å². The Balaban J connectivity index is 1.71. The molecule has 1 aromatic rings. The molecule has 3 aliphatic heterocycles. The zero-order valence-electron chi connectivity index (χ0n) is 16.9. The van der Waals surface area contributed by atoms with Gasteiger partial charge in [-0.15, -0.1) is 0 Å². The van der Waals surface area contributed by atoms with Gasteiger partial charge in [-0.3, -0.25) is 19.5 Å². The number of carbonyl (C=O) groups is 2. The number of carbonyl (C=O) groups excluding carboxylic acids is 2. The van der Waals surface area contributed by atoms with Crippen molar-refractivity contribution in [2.75, 3.05) is 31.7 Å². The number of imide groups is 1. The molecule has 3 aliphatic rings. The third-order valence-corrected chi connectivity index (χ3v) is 5.65. The van der Waals surface area contributed by atoms with E-state index in [2.05, 4.69) is 4.99 Å². The van der Waals surface area contributed by atoms with Gasteiger partial charge in [0.2, 0.25) is 5.96 Å². The Bertz CT molecular complexity index is 930. The SMILES string of the molecule is CCOCCN1C(=O)C2C(N=C3N(c4ccccc4F)C(C)=C(C)N32)N(C)C1=O. The number of urea groups is 1. The van der Waals surface area contributed by atoms with Crippen molar-refractivity contribution in [3.8, 4) is 0 Å². The first-order chi connectivity index (χ1) is 13.9. The molecule has 0 spiro atoms. The summed E-state index contributed by atoms with van der Waals surface area (Å²) in [5.74, 6) is -0.244. The molecular formula is C20H24FN5O3. The second-order valence-corrected chi connectivity index (χ2v) is 7.20. The van der Waals surface area contributed by atoms with Crippen LogP contribution in [0.5, 0.6) is 0 Å². The molecule has 3 heterocycles. The van der Waals surface area contributed by atoms with Crippen LogP contribution in [0.25, 0.3) is 0 Å². The van der Waals surface area contributed by atoms with Crippen LogP contribution in [-0.2, 0) is 9.53 Å². The van der Waals surface area contributed by atoms with E-state index in [1.165, 1.54) is 15.9 Å². The fourth-order valence-electron chi connectivity index (χ4n) is 4.04. The van der Waals surface area contributed by atoms with Gasteiger partial charge in [-0.05, 0) is 32.9 Å². The number of guanidine groups is 1. The average molecular weight is 401 g/mol. The molecule has 2 unspecified atom stereocenters. The highest BCUT2D eigenvalue weighted by Crippen LogP contribution is 2.40. The number of likely N-dealkylation sites (N-methyl/N-ethyl adjacent to an activating group) is 1. The summed E-state index contributed by atoms with van der Waals surface area (Å²) in [5.41, 5.74) is 1.96. The maximum absolute atomic E-state index is 14.5. The molecule has 1 aromatic carbocycles. The molecule has 0 saturated carbocycles. The van der Waals surface area contributed by atoms with Crippen LogP contribution in [-0.4, -0.2) is 71.6 Å². The molecule has 0 N–H and O–H groups in total. The minimum absolute atomic E-state index is 0.182. The molecule has 8 nitrogen and oxygen atoms in total. The summed E-state index contributed by atoms with van der Waals surface area (Å²) in [6.45, 7) is 6.58. The molecule has 154 valence electrons. The smallest absolute Gasteiger partial charge is 0.328 e. The third-order valence-electron chi connectivity index (χ3n) is 5.65. The van der Waals surface area contributed by atoms with Crippen molar-refractivity contribution in [2.24, 2.45) is 4.99 Å². The molecule has 0 bridgehead atoms. The third kappa shape index (κ3) is 2.79. The molecule has 0 aromatic heterocycles. The standard InChI is InChI=1S/C20H24FN5O3/c1-5-29-11-10-24-18(27)16-17(23(4)20(24)28)22-19-25(12(2)13(3)26(16)19)15-9-7-6-8-14(15)21/h6-9,16-17H,5,10-11H2,1-4H3. The van der Waals surface area contributed by atoms with Crippen molar-refractivity contribution in [3.05, 3.63) is 41.5 Å². The minimum Gasteiger partial charge on any atom is -0.380 e. The Morgan fingerprint density at radius 3 is 2.59 bits per heavy atom. The predicted molar refractivity (Wildman–Crippen MR) is 105 cm³/mol. The van der Waals surface area contributed by atoms with Crippen molar-refractivity contribution < 1.29 is 18.7 Å². The number of rotatable bonds is 5. The van der Waals surface area contributed by atoms with Crippen LogP contribution in [0.3, 0.4) is 0 Å². The van der Waals surface area contributed by atoms with E-state index in [4.69, 9.17) is 4.74 Å². The Morgan fingerprint density at radius 2 is 1.90 bits per heavy atom. The Hall–Kier alpha value is -2.94. The lowest BCUT2D eigenvalue weighted by atomic mass is 10.1. The van der Waals surface area contributed by atoms with Crippen molar-refractivity contribution in [1.29, 1.82) is 0 Å². The largest absolute Gasteiger partial charge is 0.380 e. The van der Waals surface area contributed by atoms with Crippen LogP contribution >= 0.6 is 0 Å². The van der Waals surface area contributed by atoms with E-state index in [1.54, 1.807) is 30.1 Å². The van der Waals surface area contributed by atoms with E-state index in [1.807, 2.05) is 25.7 Å². The Labute approximate surface area is 168 Å². The number of fused-ring (bicyclic) bond motifs is 3. The number of hydrogen-bond donors (Lipinski definition) is 0. The zero-order valence-corrected chi connectivity index (χ0v) is 16.9. The zero-order chi connectivity index (χ0) is 20.9. The predicted octanol–water partition coefficient (Wildman–Crippen LogP) is 2.19.